The number of ether oxygens (including phenoxy) is 1. The summed E-state index contributed by atoms with van der Waals surface area (Å²) in [5.41, 5.74) is -1.09. The summed E-state index contributed by atoms with van der Waals surface area (Å²) in [5, 5.41) is 13.3. The number of aromatic nitrogens is 2. The van der Waals surface area contributed by atoms with Gasteiger partial charge in [-0.15, -0.1) is 0 Å². The normalized spacial score (nSPS) is 10.3. The van der Waals surface area contributed by atoms with E-state index in [2.05, 4.69) is 10.2 Å². The molecule has 0 radical (unpaired) electrons. The monoisotopic (exact) mass is 252 g/mol. The summed E-state index contributed by atoms with van der Waals surface area (Å²) >= 11 is 0. The Morgan fingerprint density at radius 1 is 1.39 bits per heavy atom. The molecule has 1 heterocycles. The zero-order valence-corrected chi connectivity index (χ0v) is 9.28. The van der Waals surface area contributed by atoms with Crippen molar-refractivity contribution in [3.8, 4) is 16.9 Å². The molecule has 1 aromatic heterocycles. The number of carboxylic acid groups (broad SMARTS) is 1. The molecule has 0 aliphatic heterocycles. The van der Waals surface area contributed by atoms with Crippen molar-refractivity contribution >= 4 is 5.97 Å². The molecule has 0 amide bonds. The molecular weight excluding hydrogens is 243 g/mol. The van der Waals surface area contributed by atoms with Gasteiger partial charge in [0, 0.05) is 5.56 Å². The van der Waals surface area contributed by atoms with Crippen LogP contribution in [-0.4, -0.2) is 28.4 Å². The van der Waals surface area contributed by atoms with Gasteiger partial charge in [-0.2, -0.15) is 0 Å². The Kier molecular flexibility index (Phi) is 2.88. The van der Waals surface area contributed by atoms with Crippen LogP contribution in [0.3, 0.4) is 0 Å². The fourth-order valence-corrected chi connectivity index (χ4v) is 1.65. The zero-order valence-electron chi connectivity index (χ0n) is 9.28. The minimum atomic E-state index is -1.32. The molecule has 0 aliphatic rings. The lowest BCUT2D eigenvalue weighted by atomic mass is 10.0. The van der Waals surface area contributed by atoms with Crippen LogP contribution in [-0.2, 0) is 0 Å². The van der Waals surface area contributed by atoms with Crippen molar-refractivity contribution in [2.45, 2.75) is 0 Å². The summed E-state index contributed by atoms with van der Waals surface area (Å²) in [5.74, 6) is -1.71. The summed E-state index contributed by atoms with van der Waals surface area (Å²) in [6.45, 7) is 0. The van der Waals surface area contributed by atoms with Crippen LogP contribution >= 0.6 is 0 Å². The van der Waals surface area contributed by atoms with E-state index in [1.165, 1.54) is 13.2 Å². The van der Waals surface area contributed by atoms with Crippen LogP contribution < -0.4 is 10.3 Å². The molecule has 3 N–H and O–H groups in total. The second-order valence-corrected chi connectivity index (χ2v) is 3.48. The summed E-state index contributed by atoms with van der Waals surface area (Å²) in [4.78, 5) is 22.6. The first kappa shape index (κ1) is 11.9. The molecule has 1 aromatic carbocycles. The first-order valence-electron chi connectivity index (χ1n) is 4.92. The van der Waals surface area contributed by atoms with Gasteiger partial charge < -0.3 is 9.84 Å². The number of benzene rings is 1. The Balaban J connectivity index is 2.76. The molecule has 94 valence electrons. The van der Waals surface area contributed by atoms with Crippen LogP contribution in [0.5, 0.6) is 5.75 Å². The lowest BCUT2D eigenvalue weighted by Gasteiger charge is -2.06. The molecule has 0 fully saturated rings. The van der Waals surface area contributed by atoms with E-state index in [1.54, 1.807) is 0 Å². The zero-order chi connectivity index (χ0) is 13.3. The molecule has 2 aromatic rings. The molecule has 0 saturated heterocycles. The van der Waals surface area contributed by atoms with E-state index in [-0.39, 0.29) is 22.6 Å². The van der Waals surface area contributed by atoms with Crippen molar-refractivity contribution in [1.82, 2.24) is 10.2 Å². The van der Waals surface area contributed by atoms with Gasteiger partial charge in [0.2, 0.25) is 0 Å². The standard InChI is InChI=1S/C11H9FN2O4/c1-18-7-3-2-5(12)4-6(7)8-9(11(16)17)13-14-10(8)15/h2-4H,1H3,(H,16,17)(H2,13,14,15). The van der Waals surface area contributed by atoms with Crippen molar-refractivity contribution in [3.05, 3.63) is 40.1 Å². The van der Waals surface area contributed by atoms with E-state index in [0.717, 1.165) is 12.1 Å². The van der Waals surface area contributed by atoms with Gasteiger partial charge in [-0.05, 0) is 18.2 Å². The number of H-pyrrole nitrogens is 2. The average Bonchev–Trinajstić information content (AvgIpc) is 2.71. The van der Waals surface area contributed by atoms with Crippen molar-refractivity contribution < 1.29 is 19.0 Å². The number of rotatable bonds is 3. The topological polar surface area (TPSA) is 95.2 Å². The second-order valence-electron chi connectivity index (χ2n) is 3.48. The Morgan fingerprint density at radius 2 is 2.11 bits per heavy atom. The first-order chi connectivity index (χ1) is 8.54. The number of hydrogen-bond donors (Lipinski definition) is 3. The van der Waals surface area contributed by atoms with Crippen LogP contribution in [0.2, 0.25) is 0 Å². The highest BCUT2D eigenvalue weighted by atomic mass is 19.1. The molecule has 7 heteroatoms. The molecule has 18 heavy (non-hydrogen) atoms. The van der Waals surface area contributed by atoms with E-state index in [9.17, 15) is 14.0 Å². The van der Waals surface area contributed by atoms with Crippen molar-refractivity contribution in [3.63, 3.8) is 0 Å². The fraction of sp³-hybridized carbons (Fsp3) is 0.0909. The van der Waals surface area contributed by atoms with Crippen LogP contribution in [0.25, 0.3) is 11.1 Å². The van der Waals surface area contributed by atoms with Gasteiger partial charge >= 0.3 is 5.97 Å². The SMILES string of the molecule is COc1ccc(F)cc1-c1c(C(=O)O)[nH][nH]c1=O. The van der Waals surface area contributed by atoms with Gasteiger partial charge in [0.05, 0.1) is 12.7 Å². The van der Waals surface area contributed by atoms with Gasteiger partial charge in [0.25, 0.3) is 5.56 Å². The van der Waals surface area contributed by atoms with Crippen LogP contribution in [0, 0.1) is 5.82 Å². The van der Waals surface area contributed by atoms with Crippen LogP contribution in [0.4, 0.5) is 4.39 Å². The number of aromatic carboxylic acids is 1. The molecule has 2 rings (SSSR count). The molecule has 0 atom stereocenters. The average molecular weight is 252 g/mol. The summed E-state index contributed by atoms with van der Waals surface area (Å²) in [6, 6.07) is 3.52. The van der Waals surface area contributed by atoms with Crippen LogP contribution in [0.1, 0.15) is 10.5 Å². The molecule has 0 aliphatic carbocycles. The van der Waals surface area contributed by atoms with Gasteiger partial charge in [-0.1, -0.05) is 0 Å². The minimum Gasteiger partial charge on any atom is -0.496 e. The van der Waals surface area contributed by atoms with E-state index >= 15 is 0 Å². The molecule has 0 saturated carbocycles. The van der Waals surface area contributed by atoms with E-state index in [4.69, 9.17) is 9.84 Å². The smallest absolute Gasteiger partial charge is 0.354 e. The van der Waals surface area contributed by atoms with Gasteiger partial charge in [0.15, 0.2) is 5.69 Å². The fourth-order valence-electron chi connectivity index (χ4n) is 1.65. The first-order valence-corrected chi connectivity index (χ1v) is 4.92. The third-order valence-corrected chi connectivity index (χ3v) is 2.42. The third-order valence-electron chi connectivity index (χ3n) is 2.42. The summed E-state index contributed by atoms with van der Waals surface area (Å²) in [6.07, 6.45) is 0. The van der Waals surface area contributed by atoms with Crippen molar-refractivity contribution in [2.75, 3.05) is 7.11 Å². The highest BCUT2D eigenvalue weighted by Crippen LogP contribution is 2.30. The number of nitrogens with one attached hydrogen (secondary N) is 2. The predicted molar refractivity (Wildman–Crippen MR) is 60.3 cm³/mol. The maximum Gasteiger partial charge on any atom is 0.354 e. The lowest BCUT2D eigenvalue weighted by molar-refractivity contribution is 0.0691. The second kappa shape index (κ2) is 4.36. The number of halogens is 1. The lowest BCUT2D eigenvalue weighted by Crippen LogP contribution is -2.06. The maximum atomic E-state index is 13.2. The van der Waals surface area contributed by atoms with Gasteiger partial charge in [-0.25, -0.2) is 9.18 Å². The Morgan fingerprint density at radius 3 is 2.72 bits per heavy atom. The van der Waals surface area contributed by atoms with Gasteiger partial charge in [0.1, 0.15) is 11.6 Å². The predicted octanol–water partition coefficient (Wildman–Crippen LogP) is 1.22. The largest absolute Gasteiger partial charge is 0.496 e. The van der Waals surface area contributed by atoms with E-state index < -0.39 is 17.3 Å². The molecule has 0 bridgehead atoms. The molecule has 0 spiro atoms. The van der Waals surface area contributed by atoms with Crippen molar-refractivity contribution in [1.29, 1.82) is 0 Å². The molecule has 0 unspecified atom stereocenters. The van der Waals surface area contributed by atoms with E-state index in [1.807, 2.05) is 0 Å². The number of carbonyl (C=O) groups is 1. The van der Waals surface area contributed by atoms with Gasteiger partial charge in [-0.3, -0.25) is 15.0 Å². The Hall–Kier alpha value is -2.57. The summed E-state index contributed by atoms with van der Waals surface area (Å²) in [7, 11) is 1.35. The highest BCUT2D eigenvalue weighted by molar-refractivity contribution is 5.94. The van der Waals surface area contributed by atoms with Crippen LogP contribution in [0.15, 0.2) is 23.0 Å². The highest BCUT2D eigenvalue weighted by Gasteiger charge is 2.21. The number of aromatic amines is 2. The third kappa shape index (κ3) is 1.86. The minimum absolute atomic E-state index is 0.0809. The van der Waals surface area contributed by atoms with Crippen molar-refractivity contribution in [2.24, 2.45) is 0 Å². The number of carboxylic acids is 1. The summed E-state index contributed by atoms with van der Waals surface area (Å²) < 4.78 is 18.2. The molecular formula is C11H9FN2O4. The number of hydrogen-bond acceptors (Lipinski definition) is 3. The quantitative estimate of drug-likeness (QED) is 0.765. The maximum absolute atomic E-state index is 13.2. The molecule has 6 nitrogen and oxygen atoms in total. The Bertz CT molecular complexity index is 659. The number of methoxy groups -OCH3 is 1. The Labute approximate surface area is 100 Å². The van der Waals surface area contributed by atoms with E-state index in [0.29, 0.717) is 0 Å².